The number of amides is 1. The number of nitrogens with one attached hydrogen (secondary N) is 2. The fourth-order valence-electron chi connectivity index (χ4n) is 3.87. The Morgan fingerprint density at radius 3 is 2.44 bits per heavy atom. The first-order valence-electron chi connectivity index (χ1n) is 10.7. The predicted molar refractivity (Wildman–Crippen MR) is 122 cm³/mol. The topological polar surface area (TPSA) is 81.1 Å². The van der Waals surface area contributed by atoms with Gasteiger partial charge in [0.2, 0.25) is 5.95 Å². The smallest absolute Gasteiger partial charge is 0.453 e. The van der Waals surface area contributed by atoms with E-state index >= 15 is 0 Å². The van der Waals surface area contributed by atoms with Gasteiger partial charge in [0.1, 0.15) is 11.8 Å². The van der Waals surface area contributed by atoms with E-state index < -0.39 is 23.9 Å². The number of hydrogen-bond acceptors (Lipinski definition) is 5. The Kier molecular flexibility index (Phi) is 6.07. The van der Waals surface area contributed by atoms with Gasteiger partial charge in [0.25, 0.3) is 11.7 Å². The van der Waals surface area contributed by atoms with Gasteiger partial charge in [-0.2, -0.15) is 18.2 Å². The van der Waals surface area contributed by atoms with Crippen molar-refractivity contribution in [2.45, 2.75) is 38.9 Å². The summed E-state index contributed by atoms with van der Waals surface area (Å²) in [6.45, 7) is 5.71. The number of carbonyl (C=O) groups excluding carboxylic acids is 1. The third-order valence-electron chi connectivity index (χ3n) is 5.62. The molecule has 4 rings (SSSR count). The number of halogens is 3. The van der Waals surface area contributed by atoms with Crippen LogP contribution in [0.4, 0.5) is 24.8 Å². The van der Waals surface area contributed by atoms with E-state index in [4.69, 9.17) is 4.74 Å². The van der Waals surface area contributed by atoms with Crippen LogP contribution in [0.2, 0.25) is 0 Å². The van der Waals surface area contributed by atoms with Crippen molar-refractivity contribution in [3.63, 3.8) is 0 Å². The number of carbonyl (C=O) groups is 1. The molecule has 2 aromatic carbocycles. The molecule has 3 aromatic rings. The van der Waals surface area contributed by atoms with Gasteiger partial charge in [-0.05, 0) is 36.1 Å². The van der Waals surface area contributed by atoms with Gasteiger partial charge in [-0.15, -0.1) is 5.10 Å². The molecule has 0 aliphatic carbocycles. The molecule has 0 radical (unpaired) electrons. The molecule has 1 aliphatic heterocycles. The van der Waals surface area contributed by atoms with Crippen molar-refractivity contribution in [1.29, 1.82) is 0 Å². The van der Waals surface area contributed by atoms with Crippen molar-refractivity contribution in [1.82, 2.24) is 14.8 Å². The Morgan fingerprint density at radius 2 is 1.82 bits per heavy atom. The number of rotatable bonds is 5. The highest BCUT2D eigenvalue weighted by Gasteiger charge is 2.41. The molecule has 2 N–H and O–H groups in total. The number of hydrogen-bond donors (Lipinski definition) is 2. The predicted octanol–water partition coefficient (Wildman–Crippen LogP) is 5.36. The number of fused-ring (bicyclic) bond motifs is 1. The molecule has 2 heterocycles. The Labute approximate surface area is 194 Å². The van der Waals surface area contributed by atoms with Crippen LogP contribution < -0.4 is 15.4 Å². The van der Waals surface area contributed by atoms with Gasteiger partial charge < -0.3 is 15.4 Å². The molecule has 0 unspecified atom stereocenters. The third kappa shape index (κ3) is 4.35. The summed E-state index contributed by atoms with van der Waals surface area (Å²) in [5.74, 6) is -1.14. The quantitative estimate of drug-likeness (QED) is 0.524. The second kappa shape index (κ2) is 8.85. The second-order valence-electron chi connectivity index (χ2n) is 8.24. The molecule has 1 amide bonds. The van der Waals surface area contributed by atoms with Crippen molar-refractivity contribution in [3.8, 4) is 5.75 Å². The Bertz CT molecular complexity index is 1250. The van der Waals surface area contributed by atoms with E-state index in [9.17, 15) is 18.0 Å². The normalized spacial score (nSPS) is 15.7. The van der Waals surface area contributed by atoms with E-state index in [0.717, 1.165) is 10.2 Å². The number of allylic oxidation sites excluding steroid dienone is 1. The first-order chi connectivity index (χ1) is 16.1. The Balaban J connectivity index is 1.81. The van der Waals surface area contributed by atoms with Crippen LogP contribution in [0.3, 0.4) is 0 Å². The van der Waals surface area contributed by atoms with Crippen molar-refractivity contribution in [3.05, 3.63) is 76.8 Å². The molecule has 1 aliphatic rings. The lowest BCUT2D eigenvalue weighted by molar-refractivity contribution is -0.145. The lowest BCUT2D eigenvalue weighted by atomic mass is 9.92. The van der Waals surface area contributed by atoms with E-state index in [1.54, 1.807) is 43.3 Å². The molecule has 10 heteroatoms. The van der Waals surface area contributed by atoms with Crippen LogP contribution in [0, 0.1) is 0 Å². The zero-order valence-corrected chi connectivity index (χ0v) is 19.1. The van der Waals surface area contributed by atoms with Crippen LogP contribution in [0.1, 0.15) is 49.7 Å². The number of methoxy groups -OCH3 is 1. The van der Waals surface area contributed by atoms with E-state index in [1.807, 2.05) is 26.0 Å². The minimum absolute atomic E-state index is 0.0865. The Morgan fingerprint density at radius 1 is 1.15 bits per heavy atom. The van der Waals surface area contributed by atoms with Crippen molar-refractivity contribution in [2.75, 3.05) is 17.7 Å². The molecule has 1 aromatic heterocycles. The first-order valence-corrected chi connectivity index (χ1v) is 10.7. The average molecular weight is 471 g/mol. The van der Waals surface area contributed by atoms with Crippen LogP contribution in [0.25, 0.3) is 0 Å². The third-order valence-corrected chi connectivity index (χ3v) is 5.62. The van der Waals surface area contributed by atoms with Gasteiger partial charge in [0.05, 0.1) is 18.4 Å². The van der Waals surface area contributed by atoms with Gasteiger partial charge in [0.15, 0.2) is 0 Å². The summed E-state index contributed by atoms with van der Waals surface area (Å²) in [6, 6.07) is 13.4. The van der Waals surface area contributed by atoms with Crippen LogP contribution in [0.5, 0.6) is 5.75 Å². The molecule has 0 saturated heterocycles. The van der Waals surface area contributed by atoms with E-state index in [0.29, 0.717) is 22.7 Å². The van der Waals surface area contributed by atoms with Gasteiger partial charge >= 0.3 is 6.18 Å². The molecule has 34 heavy (non-hydrogen) atoms. The maximum Gasteiger partial charge on any atom is 0.453 e. The molecular weight excluding hydrogens is 447 g/mol. The lowest BCUT2D eigenvalue weighted by Crippen LogP contribution is -2.31. The zero-order chi connectivity index (χ0) is 24.6. The highest BCUT2D eigenvalue weighted by atomic mass is 19.4. The van der Waals surface area contributed by atoms with Gasteiger partial charge in [-0.1, -0.05) is 50.2 Å². The monoisotopic (exact) mass is 471 g/mol. The summed E-state index contributed by atoms with van der Waals surface area (Å²) in [4.78, 5) is 17.1. The van der Waals surface area contributed by atoms with Crippen LogP contribution in [-0.2, 0) is 11.0 Å². The number of benzene rings is 2. The molecule has 0 saturated carbocycles. The van der Waals surface area contributed by atoms with Gasteiger partial charge in [-0.25, -0.2) is 4.68 Å². The lowest BCUT2D eigenvalue weighted by Gasteiger charge is -2.29. The van der Waals surface area contributed by atoms with Crippen LogP contribution in [0.15, 0.2) is 59.8 Å². The van der Waals surface area contributed by atoms with Crippen molar-refractivity contribution >= 4 is 17.5 Å². The van der Waals surface area contributed by atoms with E-state index in [2.05, 4.69) is 20.7 Å². The summed E-state index contributed by atoms with van der Waals surface area (Å²) in [5, 5.41) is 9.34. The summed E-state index contributed by atoms with van der Waals surface area (Å²) in [6.07, 6.45) is -4.73. The number of para-hydroxylation sites is 2. The second-order valence-corrected chi connectivity index (χ2v) is 8.24. The summed E-state index contributed by atoms with van der Waals surface area (Å²) >= 11 is 0. The largest absolute Gasteiger partial charge is 0.495 e. The number of nitrogens with zero attached hydrogens (tertiary/aromatic N) is 3. The average Bonchev–Trinajstić information content (AvgIpc) is 3.22. The molecule has 0 spiro atoms. The number of alkyl halides is 3. The fraction of sp³-hybridized carbons (Fsp3) is 0.292. The Hall–Kier alpha value is -3.82. The maximum atomic E-state index is 13.5. The highest BCUT2D eigenvalue weighted by molar-refractivity contribution is 6.06. The van der Waals surface area contributed by atoms with Gasteiger partial charge in [0, 0.05) is 5.70 Å². The molecule has 0 bridgehead atoms. The molecule has 0 fully saturated rings. The fourth-order valence-corrected chi connectivity index (χ4v) is 3.87. The van der Waals surface area contributed by atoms with Crippen LogP contribution >= 0.6 is 0 Å². The summed E-state index contributed by atoms with van der Waals surface area (Å²) in [7, 11) is 1.48. The van der Waals surface area contributed by atoms with Crippen molar-refractivity contribution < 1.29 is 22.7 Å². The number of ether oxygens (including phenoxy) is 1. The zero-order valence-electron chi connectivity index (χ0n) is 19.1. The van der Waals surface area contributed by atoms with E-state index in [1.165, 1.54) is 7.11 Å². The van der Waals surface area contributed by atoms with Gasteiger partial charge in [-0.3, -0.25) is 4.79 Å². The molecule has 7 nitrogen and oxygen atoms in total. The number of aromatic nitrogens is 3. The SMILES string of the molecule is COc1ccccc1NC(=O)C1=C(C)Nc2nc(C(F)(F)F)nn2[C@@H]1c1ccc(C(C)C)cc1. The van der Waals surface area contributed by atoms with E-state index in [-0.39, 0.29) is 17.4 Å². The van der Waals surface area contributed by atoms with Crippen molar-refractivity contribution in [2.24, 2.45) is 0 Å². The summed E-state index contributed by atoms with van der Waals surface area (Å²) in [5.41, 5.74) is 2.70. The number of anilines is 2. The molecule has 178 valence electrons. The first kappa shape index (κ1) is 23.3. The highest BCUT2D eigenvalue weighted by Crippen LogP contribution is 2.38. The molecule has 1 atom stereocenters. The summed E-state index contributed by atoms with van der Waals surface area (Å²) < 4.78 is 46.6. The molecular formula is C24H24F3N5O2. The minimum atomic E-state index is -4.73. The maximum absolute atomic E-state index is 13.5. The minimum Gasteiger partial charge on any atom is -0.495 e. The standard InChI is InChI=1S/C24H24F3N5O2/c1-13(2)15-9-11-16(12-10-15)20-19(21(33)29-17-7-5-6-8-18(17)34-4)14(3)28-23-30-22(24(25,26)27)31-32(20)23/h5-13,20H,1-4H3,(H,29,33)(H,28,30,31)/t20-/m1/s1. The van der Waals surface area contributed by atoms with Crippen LogP contribution in [-0.4, -0.2) is 27.8 Å².